The number of anilines is 1. The largest absolute Gasteiger partial charge is 0.449 e. The highest BCUT2D eigenvalue weighted by atomic mass is 79.9. The van der Waals surface area contributed by atoms with Crippen LogP contribution in [0.2, 0.25) is 0 Å². The molecule has 17 heavy (non-hydrogen) atoms. The number of hydrogen-bond donors (Lipinski definition) is 0. The molecule has 0 radical (unpaired) electrons. The smallest absolute Gasteiger partial charge is 0.421 e. The number of carbonyl (C=O) groups is 2. The monoisotopic (exact) mass is 297 g/mol. The Hall–Kier alpha value is -1.36. The number of fused-ring (bicyclic) bond motifs is 1. The molecule has 0 N–H and O–H groups in total. The summed E-state index contributed by atoms with van der Waals surface area (Å²) in [5.74, 6) is -0.322. The summed E-state index contributed by atoms with van der Waals surface area (Å²) in [6.07, 6.45) is -0.631. The van der Waals surface area contributed by atoms with Crippen LogP contribution in [0, 0.1) is 0 Å². The van der Waals surface area contributed by atoms with Crippen molar-refractivity contribution >= 4 is 33.6 Å². The van der Waals surface area contributed by atoms with E-state index in [9.17, 15) is 9.59 Å². The normalized spacial score (nSPS) is 22.5. The fourth-order valence-corrected chi connectivity index (χ4v) is 2.38. The van der Waals surface area contributed by atoms with E-state index in [-0.39, 0.29) is 12.5 Å². The van der Waals surface area contributed by atoms with E-state index in [1.807, 2.05) is 12.1 Å². The van der Waals surface area contributed by atoms with Crippen LogP contribution in [-0.2, 0) is 13.9 Å². The zero-order chi connectivity index (χ0) is 12.6. The summed E-state index contributed by atoms with van der Waals surface area (Å²) in [4.78, 5) is 25.0. The Morgan fingerprint density at radius 1 is 1.47 bits per heavy atom. The van der Waals surface area contributed by atoms with Crippen molar-refractivity contribution in [3.63, 3.8) is 0 Å². The summed E-state index contributed by atoms with van der Waals surface area (Å²) in [7, 11) is 0. The second kappa shape index (κ2) is 4.14. The third-order valence-electron chi connectivity index (χ3n) is 2.71. The van der Waals surface area contributed by atoms with Gasteiger partial charge in [-0.05, 0) is 19.9 Å². The number of benzene rings is 1. The fraction of sp³-hybridized carbons (Fsp3) is 0.333. The highest BCUT2D eigenvalue weighted by Crippen LogP contribution is 2.45. The van der Waals surface area contributed by atoms with Gasteiger partial charge in [-0.25, -0.2) is 9.69 Å². The molecule has 5 heteroatoms. The zero-order valence-electron chi connectivity index (χ0n) is 9.57. The van der Waals surface area contributed by atoms with Gasteiger partial charge < -0.3 is 4.74 Å². The van der Waals surface area contributed by atoms with E-state index in [0.717, 1.165) is 10.5 Å². The lowest BCUT2D eigenvalue weighted by Gasteiger charge is -2.16. The second-order valence-electron chi connectivity index (χ2n) is 3.86. The summed E-state index contributed by atoms with van der Waals surface area (Å²) in [6, 6.07) is 7.17. The van der Waals surface area contributed by atoms with Crippen LogP contribution in [0.1, 0.15) is 19.4 Å². The molecule has 0 saturated heterocycles. The fourth-order valence-electron chi connectivity index (χ4n) is 1.87. The summed E-state index contributed by atoms with van der Waals surface area (Å²) in [6.45, 7) is 3.68. The predicted octanol–water partition coefficient (Wildman–Crippen LogP) is 2.80. The predicted molar refractivity (Wildman–Crippen MR) is 67.2 cm³/mol. The van der Waals surface area contributed by atoms with Crippen LogP contribution in [0.4, 0.5) is 10.5 Å². The summed E-state index contributed by atoms with van der Waals surface area (Å²) in [5.41, 5.74) is 1.35. The second-order valence-corrected chi connectivity index (χ2v) is 5.45. The highest BCUT2D eigenvalue weighted by molar-refractivity contribution is 9.10. The topological polar surface area (TPSA) is 46.6 Å². The molecule has 1 aromatic rings. The van der Waals surface area contributed by atoms with Gasteiger partial charge in [0.05, 0.1) is 12.3 Å². The van der Waals surface area contributed by atoms with Gasteiger partial charge in [0.1, 0.15) is 4.32 Å². The van der Waals surface area contributed by atoms with Gasteiger partial charge in [-0.3, -0.25) is 4.79 Å². The van der Waals surface area contributed by atoms with E-state index in [4.69, 9.17) is 4.74 Å². The maximum absolute atomic E-state index is 12.2. The number of carbonyl (C=O) groups excluding carboxylic acids is 2. The number of hydrogen-bond acceptors (Lipinski definition) is 3. The first-order valence-corrected chi connectivity index (χ1v) is 6.09. The first-order valence-electron chi connectivity index (χ1n) is 5.30. The lowest BCUT2D eigenvalue weighted by atomic mass is 10.0. The average molecular weight is 298 g/mol. The maximum Gasteiger partial charge on any atom is 0.421 e. The molecule has 0 spiro atoms. The van der Waals surface area contributed by atoms with Gasteiger partial charge in [0, 0.05) is 5.56 Å². The van der Waals surface area contributed by atoms with Crippen molar-refractivity contribution < 1.29 is 14.3 Å². The van der Waals surface area contributed by atoms with E-state index in [1.54, 1.807) is 26.0 Å². The molecule has 90 valence electrons. The Labute approximate surface area is 108 Å². The molecule has 1 aliphatic heterocycles. The van der Waals surface area contributed by atoms with Crippen molar-refractivity contribution in [3.05, 3.63) is 29.8 Å². The quantitative estimate of drug-likeness (QED) is 0.749. The van der Waals surface area contributed by atoms with Crippen molar-refractivity contribution in [2.45, 2.75) is 18.2 Å². The first kappa shape index (κ1) is 12.1. The van der Waals surface area contributed by atoms with Gasteiger partial charge >= 0.3 is 6.09 Å². The van der Waals surface area contributed by atoms with E-state index >= 15 is 0 Å². The van der Waals surface area contributed by atoms with Crippen LogP contribution >= 0.6 is 15.9 Å². The van der Waals surface area contributed by atoms with Gasteiger partial charge in [0.25, 0.3) is 5.91 Å². The summed E-state index contributed by atoms with van der Waals surface area (Å²) < 4.78 is 4.03. The molecule has 1 atom stereocenters. The standard InChI is InChI=1S/C12H12BrNO3/c1-3-17-11(16)14-9-7-5-4-6-8(9)12(2,13)10(14)15/h4-7H,3H2,1-2H3. The molecule has 0 aromatic heterocycles. The molecular formula is C12H12BrNO3. The number of rotatable bonds is 1. The van der Waals surface area contributed by atoms with Crippen LogP contribution in [0.15, 0.2) is 24.3 Å². The van der Waals surface area contributed by atoms with Gasteiger partial charge in [-0.1, -0.05) is 34.1 Å². The molecular weight excluding hydrogens is 286 g/mol. The maximum atomic E-state index is 12.2. The SMILES string of the molecule is CCOC(=O)N1C(=O)C(C)(Br)c2ccccc21. The Morgan fingerprint density at radius 3 is 2.76 bits per heavy atom. The minimum absolute atomic E-state index is 0.240. The first-order chi connectivity index (χ1) is 8.00. The van der Waals surface area contributed by atoms with Crippen molar-refractivity contribution in [3.8, 4) is 0 Å². The average Bonchev–Trinajstić information content (AvgIpc) is 2.49. The molecule has 1 aliphatic rings. The van der Waals surface area contributed by atoms with E-state index < -0.39 is 10.4 Å². The van der Waals surface area contributed by atoms with Gasteiger partial charge in [-0.2, -0.15) is 0 Å². The molecule has 0 saturated carbocycles. The van der Waals surface area contributed by atoms with Crippen molar-refractivity contribution in [1.82, 2.24) is 0 Å². The van der Waals surface area contributed by atoms with Gasteiger partial charge in [-0.15, -0.1) is 0 Å². The molecule has 1 heterocycles. The van der Waals surface area contributed by atoms with Crippen LogP contribution in [0.3, 0.4) is 0 Å². The van der Waals surface area contributed by atoms with E-state index in [2.05, 4.69) is 15.9 Å². The van der Waals surface area contributed by atoms with Crippen LogP contribution in [0.5, 0.6) is 0 Å². The summed E-state index contributed by atoms with van der Waals surface area (Å²) >= 11 is 3.37. The minimum Gasteiger partial charge on any atom is -0.449 e. The van der Waals surface area contributed by atoms with Gasteiger partial charge in [0.15, 0.2) is 0 Å². The Kier molecular flexibility index (Phi) is 2.95. The number of para-hydroxylation sites is 1. The van der Waals surface area contributed by atoms with Crippen molar-refractivity contribution in [2.24, 2.45) is 0 Å². The lowest BCUT2D eigenvalue weighted by Crippen LogP contribution is -2.39. The molecule has 0 aliphatic carbocycles. The van der Waals surface area contributed by atoms with E-state index in [1.165, 1.54) is 0 Å². The van der Waals surface area contributed by atoms with Crippen LogP contribution in [0.25, 0.3) is 0 Å². The van der Waals surface area contributed by atoms with E-state index in [0.29, 0.717) is 5.69 Å². The number of imide groups is 1. The number of halogens is 1. The number of amides is 2. The summed E-state index contributed by atoms with van der Waals surface area (Å²) in [5, 5.41) is 0. The molecule has 1 aromatic carbocycles. The lowest BCUT2D eigenvalue weighted by molar-refractivity contribution is -0.119. The molecule has 4 nitrogen and oxygen atoms in total. The molecule has 2 amide bonds. The number of ether oxygens (including phenoxy) is 1. The molecule has 0 fully saturated rings. The van der Waals surface area contributed by atoms with Gasteiger partial charge in [0.2, 0.25) is 0 Å². The Bertz CT molecular complexity index is 484. The van der Waals surface area contributed by atoms with Crippen molar-refractivity contribution in [1.29, 1.82) is 0 Å². The van der Waals surface area contributed by atoms with Crippen LogP contribution < -0.4 is 4.90 Å². The molecule has 2 rings (SSSR count). The Morgan fingerprint density at radius 2 is 2.12 bits per heavy atom. The number of nitrogens with zero attached hydrogens (tertiary/aromatic N) is 1. The van der Waals surface area contributed by atoms with Crippen molar-refractivity contribution in [2.75, 3.05) is 11.5 Å². The highest BCUT2D eigenvalue weighted by Gasteiger charge is 2.48. The zero-order valence-corrected chi connectivity index (χ0v) is 11.2. The Balaban J connectivity index is 2.50. The van der Waals surface area contributed by atoms with Crippen LogP contribution in [-0.4, -0.2) is 18.6 Å². The number of alkyl halides is 1. The third-order valence-corrected chi connectivity index (χ3v) is 3.47. The molecule has 0 bridgehead atoms. The molecule has 1 unspecified atom stereocenters. The minimum atomic E-state index is -0.865. The third kappa shape index (κ3) is 1.74.